The summed E-state index contributed by atoms with van der Waals surface area (Å²) in [7, 11) is 3.79. The number of benzene rings is 1. The van der Waals surface area contributed by atoms with Gasteiger partial charge in [-0.2, -0.15) is 0 Å². The molecule has 21 heavy (non-hydrogen) atoms. The Bertz CT molecular complexity index is 585. The zero-order valence-electron chi connectivity index (χ0n) is 13.5. The summed E-state index contributed by atoms with van der Waals surface area (Å²) in [5.41, 5.74) is 0.887. The van der Waals surface area contributed by atoms with E-state index in [-0.39, 0.29) is 18.0 Å². The van der Waals surface area contributed by atoms with Gasteiger partial charge in [0.1, 0.15) is 11.3 Å². The minimum Gasteiger partial charge on any atom is -0.459 e. The highest BCUT2D eigenvalue weighted by atomic mass is 16.3. The van der Waals surface area contributed by atoms with E-state index in [0.717, 1.165) is 16.7 Å². The molecule has 1 unspecified atom stereocenters. The van der Waals surface area contributed by atoms with Crippen molar-refractivity contribution in [3.8, 4) is 0 Å². The number of para-hydroxylation sites is 1. The molecule has 0 aliphatic rings. The Morgan fingerprint density at radius 3 is 2.48 bits per heavy atom. The summed E-state index contributed by atoms with van der Waals surface area (Å²) in [6.45, 7) is 6.47. The Morgan fingerprint density at radius 1 is 1.19 bits per heavy atom. The second kappa shape index (κ2) is 6.31. The van der Waals surface area contributed by atoms with E-state index in [0.29, 0.717) is 6.54 Å². The molecule has 0 saturated carbocycles. The first-order valence-corrected chi connectivity index (χ1v) is 7.34. The molecule has 2 rings (SSSR count). The average Bonchev–Trinajstić information content (AvgIpc) is 2.88. The fraction of sp³-hybridized carbons (Fsp3) is 0.471. The van der Waals surface area contributed by atoms with Crippen LogP contribution in [0, 0.1) is 0 Å². The Morgan fingerprint density at radius 2 is 1.86 bits per heavy atom. The number of nitrogens with zero attached hydrogens (tertiary/aromatic N) is 2. The maximum absolute atomic E-state index is 12.2. The van der Waals surface area contributed by atoms with E-state index in [2.05, 4.69) is 6.92 Å². The third kappa shape index (κ3) is 3.45. The molecule has 0 spiro atoms. The molecule has 0 bridgehead atoms. The highest BCUT2D eigenvalue weighted by molar-refractivity contribution is 5.79. The minimum atomic E-state index is 0.0573. The first-order chi connectivity index (χ1) is 9.90. The number of furan rings is 1. The number of hydrogen-bond acceptors (Lipinski definition) is 3. The zero-order valence-corrected chi connectivity index (χ0v) is 13.5. The summed E-state index contributed by atoms with van der Waals surface area (Å²) < 4.78 is 5.87. The molecular formula is C17H24N2O2. The van der Waals surface area contributed by atoms with Gasteiger partial charge in [-0.15, -0.1) is 0 Å². The molecule has 2 aromatic rings. The molecule has 0 aliphatic heterocycles. The van der Waals surface area contributed by atoms with Crippen LogP contribution in [0.15, 0.2) is 34.7 Å². The van der Waals surface area contributed by atoms with E-state index in [4.69, 9.17) is 4.42 Å². The van der Waals surface area contributed by atoms with Crippen LogP contribution in [-0.2, 0) is 4.79 Å². The number of likely N-dealkylation sites (N-methyl/N-ethyl adjacent to an activating group) is 2. The Kier molecular flexibility index (Phi) is 4.68. The molecule has 0 N–H and O–H groups in total. The molecule has 1 amide bonds. The zero-order chi connectivity index (χ0) is 15.6. The van der Waals surface area contributed by atoms with E-state index < -0.39 is 0 Å². The van der Waals surface area contributed by atoms with Gasteiger partial charge in [0.15, 0.2) is 0 Å². The summed E-state index contributed by atoms with van der Waals surface area (Å²) in [4.78, 5) is 15.9. The van der Waals surface area contributed by atoms with Gasteiger partial charge in [0.05, 0.1) is 12.6 Å². The molecule has 0 aliphatic carbocycles. The van der Waals surface area contributed by atoms with Crippen molar-refractivity contribution < 1.29 is 9.21 Å². The Labute approximate surface area is 126 Å². The van der Waals surface area contributed by atoms with Gasteiger partial charge in [-0.3, -0.25) is 9.69 Å². The lowest BCUT2D eigenvalue weighted by atomic mass is 10.2. The highest BCUT2D eigenvalue weighted by Crippen LogP contribution is 2.26. The second-order valence-corrected chi connectivity index (χ2v) is 5.88. The van der Waals surface area contributed by atoms with Crippen molar-refractivity contribution >= 4 is 16.9 Å². The van der Waals surface area contributed by atoms with Crippen molar-refractivity contribution in [3.63, 3.8) is 0 Å². The predicted molar refractivity (Wildman–Crippen MR) is 85.2 cm³/mol. The van der Waals surface area contributed by atoms with Crippen LogP contribution < -0.4 is 0 Å². The van der Waals surface area contributed by atoms with Crippen molar-refractivity contribution in [2.75, 3.05) is 20.6 Å². The summed E-state index contributed by atoms with van der Waals surface area (Å²) in [6.07, 6.45) is 0. The van der Waals surface area contributed by atoms with Crippen molar-refractivity contribution in [3.05, 3.63) is 36.1 Å². The normalized spacial score (nSPS) is 13.1. The Hall–Kier alpha value is -1.81. The van der Waals surface area contributed by atoms with Crippen molar-refractivity contribution in [1.29, 1.82) is 0 Å². The first-order valence-electron chi connectivity index (χ1n) is 7.34. The van der Waals surface area contributed by atoms with Crippen LogP contribution >= 0.6 is 0 Å². The maximum atomic E-state index is 12.2. The molecule has 1 heterocycles. The van der Waals surface area contributed by atoms with Gasteiger partial charge in [-0.05, 0) is 40.0 Å². The minimum absolute atomic E-state index is 0.0573. The van der Waals surface area contributed by atoms with E-state index in [1.54, 1.807) is 4.90 Å². The standard InChI is InChI=1S/C17H24N2O2/c1-12(2)19(5)17(20)11-18(4)13(3)16-10-14-8-6-7-9-15(14)21-16/h6-10,12-13H,11H2,1-5H3. The fourth-order valence-electron chi connectivity index (χ4n) is 2.18. The number of fused-ring (bicyclic) bond motifs is 1. The summed E-state index contributed by atoms with van der Waals surface area (Å²) in [5.74, 6) is 1.01. The van der Waals surface area contributed by atoms with Gasteiger partial charge in [0, 0.05) is 18.5 Å². The topological polar surface area (TPSA) is 36.7 Å². The SMILES string of the molecule is CC(c1cc2ccccc2o1)N(C)CC(=O)N(C)C(C)C. The van der Waals surface area contributed by atoms with E-state index in [9.17, 15) is 4.79 Å². The highest BCUT2D eigenvalue weighted by Gasteiger charge is 2.20. The van der Waals surface area contributed by atoms with Gasteiger partial charge in [0.2, 0.25) is 5.91 Å². The molecule has 1 aromatic heterocycles. The number of hydrogen-bond donors (Lipinski definition) is 0. The fourth-order valence-corrected chi connectivity index (χ4v) is 2.18. The third-order valence-electron chi connectivity index (χ3n) is 4.07. The van der Waals surface area contributed by atoms with Gasteiger partial charge >= 0.3 is 0 Å². The second-order valence-electron chi connectivity index (χ2n) is 5.88. The van der Waals surface area contributed by atoms with Crippen LogP contribution in [0.25, 0.3) is 11.0 Å². The lowest BCUT2D eigenvalue weighted by Gasteiger charge is -2.27. The number of rotatable bonds is 5. The van der Waals surface area contributed by atoms with Crippen LogP contribution in [-0.4, -0.2) is 42.4 Å². The summed E-state index contributed by atoms with van der Waals surface area (Å²) in [6, 6.07) is 10.3. The molecule has 0 radical (unpaired) electrons. The monoisotopic (exact) mass is 288 g/mol. The molecule has 1 atom stereocenters. The lowest BCUT2D eigenvalue weighted by molar-refractivity contribution is -0.132. The van der Waals surface area contributed by atoms with Crippen LogP contribution in [0.1, 0.15) is 32.6 Å². The van der Waals surface area contributed by atoms with Gasteiger partial charge < -0.3 is 9.32 Å². The molecule has 0 saturated heterocycles. The van der Waals surface area contributed by atoms with Crippen LogP contribution in [0.2, 0.25) is 0 Å². The third-order valence-corrected chi connectivity index (χ3v) is 4.07. The average molecular weight is 288 g/mol. The lowest BCUT2D eigenvalue weighted by Crippen LogP contribution is -2.40. The van der Waals surface area contributed by atoms with E-state index >= 15 is 0 Å². The van der Waals surface area contributed by atoms with Crippen LogP contribution in [0.5, 0.6) is 0 Å². The van der Waals surface area contributed by atoms with Gasteiger partial charge in [-0.1, -0.05) is 18.2 Å². The van der Waals surface area contributed by atoms with E-state index in [1.807, 2.05) is 63.2 Å². The van der Waals surface area contributed by atoms with Crippen LogP contribution in [0.4, 0.5) is 0 Å². The molecular weight excluding hydrogens is 264 g/mol. The van der Waals surface area contributed by atoms with E-state index in [1.165, 1.54) is 0 Å². The smallest absolute Gasteiger partial charge is 0.236 e. The Balaban J connectivity index is 2.08. The quantitative estimate of drug-likeness (QED) is 0.847. The van der Waals surface area contributed by atoms with Crippen molar-refractivity contribution in [2.24, 2.45) is 0 Å². The number of carbonyl (C=O) groups excluding carboxylic acids is 1. The van der Waals surface area contributed by atoms with Crippen molar-refractivity contribution in [2.45, 2.75) is 32.9 Å². The largest absolute Gasteiger partial charge is 0.459 e. The molecule has 0 fully saturated rings. The molecule has 114 valence electrons. The number of amides is 1. The molecule has 4 heteroatoms. The van der Waals surface area contributed by atoms with Gasteiger partial charge in [0.25, 0.3) is 0 Å². The van der Waals surface area contributed by atoms with Gasteiger partial charge in [-0.25, -0.2) is 0 Å². The number of carbonyl (C=O) groups is 1. The van der Waals surface area contributed by atoms with Crippen molar-refractivity contribution in [1.82, 2.24) is 9.80 Å². The summed E-state index contributed by atoms with van der Waals surface area (Å²) >= 11 is 0. The van der Waals surface area contributed by atoms with Crippen LogP contribution in [0.3, 0.4) is 0 Å². The predicted octanol–water partition coefficient (Wildman–Crippen LogP) is 3.29. The molecule has 1 aromatic carbocycles. The maximum Gasteiger partial charge on any atom is 0.236 e. The summed E-state index contributed by atoms with van der Waals surface area (Å²) in [5, 5.41) is 1.10. The molecule has 4 nitrogen and oxygen atoms in total. The first kappa shape index (κ1) is 15.6.